The summed E-state index contributed by atoms with van der Waals surface area (Å²) in [5.74, 6) is 1.36. The van der Waals surface area contributed by atoms with Gasteiger partial charge in [-0.15, -0.1) is 0 Å². The fraction of sp³-hybridized carbons (Fsp3) is 0.444. The molecule has 3 aromatic rings. The molecule has 0 saturated carbocycles. The van der Waals surface area contributed by atoms with Gasteiger partial charge in [0.25, 0.3) is 11.5 Å². The molecule has 46 heavy (non-hydrogen) atoms. The molecule has 10 heteroatoms. The number of rotatable bonds is 6. The number of aryl methyl sites for hydroxylation is 1. The summed E-state index contributed by atoms with van der Waals surface area (Å²) in [7, 11) is 3.85. The smallest absolute Gasteiger partial charge is 0.275 e. The molecule has 0 radical (unpaired) electrons. The first-order chi connectivity index (χ1) is 22.0. The Morgan fingerprint density at radius 3 is 2.54 bits per heavy atom. The van der Waals surface area contributed by atoms with E-state index in [1.54, 1.807) is 30.4 Å². The topological polar surface area (TPSA) is 107 Å². The molecule has 10 nitrogen and oxygen atoms in total. The zero-order valence-corrected chi connectivity index (χ0v) is 27.4. The summed E-state index contributed by atoms with van der Waals surface area (Å²) in [4.78, 5) is 42.5. The average molecular weight is 624 g/mol. The van der Waals surface area contributed by atoms with Crippen molar-refractivity contribution in [2.24, 2.45) is 12.5 Å². The maximum absolute atomic E-state index is 13.9. The Morgan fingerprint density at radius 1 is 1.04 bits per heavy atom. The van der Waals surface area contributed by atoms with Gasteiger partial charge in [-0.1, -0.05) is 32.1 Å². The van der Waals surface area contributed by atoms with Gasteiger partial charge in [-0.25, -0.2) is 9.97 Å². The number of likely N-dealkylation sites (tertiary alicyclic amines) is 1. The van der Waals surface area contributed by atoms with Crippen LogP contribution in [-0.4, -0.2) is 75.1 Å². The fourth-order valence-corrected chi connectivity index (χ4v) is 6.98. The summed E-state index contributed by atoms with van der Waals surface area (Å²) in [6.07, 6.45) is 11.2. The molecule has 2 fully saturated rings. The van der Waals surface area contributed by atoms with Crippen molar-refractivity contribution in [1.29, 1.82) is 0 Å². The molecule has 6 rings (SSSR count). The number of hydrogen-bond acceptors (Lipinski definition) is 8. The van der Waals surface area contributed by atoms with Crippen molar-refractivity contribution in [3.63, 3.8) is 0 Å². The van der Waals surface area contributed by atoms with Crippen molar-refractivity contribution < 1.29 is 9.90 Å². The summed E-state index contributed by atoms with van der Waals surface area (Å²) in [6.45, 7) is 12.5. The van der Waals surface area contributed by atoms with Gasteiger partial charge in [0.05, 0.1) is 6.61 Å². The highest BCUT2D eigenvalue weighted by atomic mass is 16.3. The van der Waals surface area contributed by atoms with Crippen molar-refractivity contribution in [3.8, 4) is 11.1 Å². The highest BCUT2D eigenvalue weighted by Crippen LogP contribution is 2.36. The van der Waals surface area contributed by atoms with Crippen molar-refractivity contribution in [1.82, 2.24) is 24.3 Å². The van der Waals surface area contributed by atoms with Crippen molar-refractivity contribution in [3.05, 3.63) is 88.3 Å². The quantitative estimate of drug-likeness (QED) is 0.404. The third-order valence-electron chi connectivity index (χ3n) is 9.68. The van der Waals surface area contributed by atoms with E-state index in [1.165, 1.54) is 10.1 Å². The average Bonchev–Trinajstić information content (AvgIpc) is 3.03. The van der Waals surface area contributed by atoms with E-state index in [0.717, 1.165) is 50.9 Å². The van der Waals surface area contributed by atoms with Gasteiger partial charge in [0.15, 0.2) is 0 Å². The summed E-state index contributed by atoms with van der Waals surface area (Å²) in [5, 5.41) is 13.9. The number of aliphatic hydroxyl groups is 1. The van der Waals surface area contributed by atoms with E-state index < -0.39 is 0 Å². The number of nitrogens with one attached hydrogen (secondary N) is 1. The van der Waals surface area contributed by atoms with Crippen LogP contribution in [0.2, 0.25) is 0 Å². The highest BCUT2D eigenvalue weighted by Gasteiger charge is 2.35. The molecule has 6 heterocycles. The second-order valence-corrected chi connectivity index (χ2v) is 13.8. The molecule has 242 valence electrons. The van der Waals surface area contributed by atoms with Crippen LogP contribution in [-0.2, 0) is 18.4 Å². The minimum atomic E-state index is -0.322. The molecule has 2 saturated heterocycles. The van der Waals surface area contributed by atoms with E-state index in [0.29, 0.717) is 58.7 Å². The Kier molecular flexibility index (Phi) is 8.85. The molecule has 2 N–H and O–H groups in total. The molecule has 1 amide bonds. The third-order valence-corrected chi connectivity index (χ3v) is 9.68. The molecule has 3 aliphatic rings. The number of pyridine rings is 3. The summed E-state index contributed by atoms with van der Waals surface area (Å²) in [5.41, 5.74) is 5.00. The Morgan fingerprint density at radius 2 is 1.83 bits per heavy atom. The summed E-state index contributed by atoms with van der Waals surface area (Å²) < 4.78 is 1.52. The summed E-state index contributed by atoms with van der Waals surface area (Å²) >= 11 is 0. The fourth-order valence-electron chi connectivity index (χ4n) is 6.98. The molecule has 3 aliphatic heterocycles. The standard InChI is InChI=1S/C36H45N7O3/c1-24-18-31-35(46)43(17-16-42(31)15-11-36(2,3)20-24)33-29(23-44)28(8-12-37-33)27-19-30(34(45)41(5)22-27)39-32-7-6-26(21-38-32)25-9-13-40(4)14-10-25/h6-8,12,18-19,21-22,25,44H,1,9-11,13-17,20,23H2,2-5H3,(H,38,39)/b31-18-. The van der Waals surface area contributed by atoms with Crippen molar-refractivity contribution >= 4 is 23.2 Å². The van der Waals surface area contributed by atoms with E-state index >= 15 is 0 Å². The van der Waals surface area contributed by atoms with Gasteiger partial charge in [0.1, 0.15) is 23.0 Å². The van der Waals surface area contributed by atoms with Gasteiger partial charge in [-0.2, -0.15) is 0 Å². The predicted octanol–water partition coefficient (Wildman–Crippen LogP) is 4.80. The normalized spacial score (nSPS) is 20.5. The van der Waals surface area contributed by atoms with Gasteiger partial charge < -0.3 is 24.8 Å². The molecule has 0 spiro atoms. The minimum Gasteiger partial charge on any atom is -0.392 e. The van der Waals surface area contributed by atoms with Crippen LogP contribution >= 0.6 is 0 Å². The number of hydrogen-bond donors (Lipinski definition) is 2. The third kappa shape index (κ3) is 6.50. The van der Waals surface area contributed by atoms with E-state index in [9.17, 15) is 14.7 Å². The lowest BCUT2D eigenvalue weighted by Crippen LogP contribution is -2.50. The lowest BCUT2D eigenvalue weighted by molar-refractivity contribution is -0.118. The number of piperidine rings is 1. The van der Waals surface area contributed by atoms with E-state index in [-0.39, 0.29) is 23.5 Å². The van der Waals surface area contributed by atoms with Crippen LogP contribution in [0.25, 0.3) is 11.1 Å². The lowest BCUT2D eigenvalue weighted by atomic mass is 9.81. The second kappa shape index (κ2) is 12.8. The first kappa shape index (κ1) is 31.7. The second-order valence-electron chi connectivity index (χ2n) is 13.8. The molecular formula is C36H45N7O3. The van der Waals surface area contributed by atoms with E-state index in [1.807, 2.05) is 24.4 Å². The highest BCUT2D eigenvalue weighted by molar-refractivity contribution is 6.06. The zero-order valence-electron chi connectivity index (χ0n) is 27.4. The zero-order chi connectivity index (χ0) is 32.6. The summed E-state index contributed by atoms with van der Waals surface area (Å²) in [6, 6.07) is 7.61. The minimum absolute atomic E-state index is 0.120. The molecular weight excluding hydrogens is 578 g/mol. The number of fused-ring (bicyclic) bond motifs is 1. The number of amides is 1. The van der Waals surface area contributed by atoms with Crippen molar-refractivity contribution in [2.45, 2.75) is 52.1 Å². The number of allylic oxidation sites excluding steroid dienone is 2. The van der Waals surface area contributed by atoms with Crippen molar-refractivity contribution in [2.75, 3.05) is 50.0 Å². The maximum Gasteiger partial charge on any atom is 0.275 e. The predicted molar refractivity (Wildman–Crippen MR) is 182 cm³/mol. The first-order valence-corrected chi connectivity index (χ1v) is 16.2. The largest absolute Gasteiger partial charge is 0.392 e. The van der Waals surface area contributed by atoms with Gasteiger partial charge in [-0.3, -0.25) is 14.5 Å². The Hall–Kier alpha value is -4.28. The van der Waals surface area contributed by atoms with Crippen LogP contribution in [0.1, 0.15) is 56.6 Å². The molecule has 0 aliphatic carbocycles. The lowest BCUT2D eigenvalue weighted by Gasteiger charge is -2.41. The number of anilines is 3. The number of aliphatic hydroxyl groups excluding tert-OH is 1. The number of aromatic nitrogens is 3. The number of carbonyl (C=O) groups is 1. The monoisotopic (exact) mass is 623 g/mol. The number of piperazine rings is 1. The number of carbonyl (C=O) groups excluding carboxylic acids is 1. The van der Waals surface area contributed by atoms with Crippen LogP contribution in [0.4, 0.5) is 17.3 Å². The van der Waals surface area contributed by atoms with E-state index in [2.05, 4.69) is 58.6 Å². The molecule has 0 aromatic carbocycles. The Bertz CT molecular complexity index is 1720. The van der Waals surface area contributed by atoms with Crippen LogP contribution < -0.4 is 15.8 Å². The van der Waals surface area contributed by atoms with Gasteiger partial charge >= 0.3 is 0 Å². The molecule has 0 unspecified atom stereocenters. The Balaban J connectivity index is 1.28. The maximum atomic E-state index is 13.9. The van der Waals surface area contributed by atoms with Gasteiger partial charge in [0.2, 0.25) is 0 Å². The van der Waals surface area contributed by atoms with E-state index in [4.69, 9.17) is 0 Å². The van der Waals surface area contributed by atoms with Gasteiger partial charge in [-0.05, 0) is 92.6 Å². The number of nitrogens with zero attached hydrogens (tertiary/aromatic N) is 6. The van der Waals surface area contributed by atoms with Crippen LogP contribution in [0, 0.1) is 5.41 Å². The molecule has 3 aromatic heterocycles. The van der Waals surface area contributed by atoms with Crippen LogP contribution in [0.15, 0.2) is 71.6 Å². The SMILES string of the molecule is C=C1/C=C2/C(=O)N(c3nccc(-c4cc(Nc5ccc(C6CCN(C)CC6)cn5)c(=O)n(C)c4)c3CO)CCN2CCC(C)(C)C1. The first-order valence-electron chi connectivity index (χ1n) is 16.2. The molecule has 0 bridgehead atoms. The Labute approximate surface area is 271 Å². The van der Waals surface area contributed by atoms with Gasteiger partial charge in [0, 0.05) is 56.4 Å². The van der Waals surface area contributed by atoms with Crippen LogP contribution in [0.3, 0.4) is 0 Å². The van der Waals surface area contributed by atoms with Crippen LogP contribution in [0.5, 0.6) is 0 Å². The molecule has 0 atom stereocenters.